The van der Waals surface area contributed by atoms with Crippen molar-refractivity contribution in [3.8, 4) is 0 Å². The summed E-state index contributed by atoms with van der Waals surface area (Å²) in [6.45, 7) is 1.87. The Morgan fingerprint density at radius 3 is 2.91 bits per heavy atom. The first-order valence-electron chi connectivity index (χ1n) is 6.39. The zero-order valence-electron chi connectivity index (χ0n) is 11.9. The van der Waals surface area contributed by atoms with Crippen molar-refractivity contribution in [2.24, 2.45) is 0 Å². The van der Waals surface area contributed by atoms with E-state index >= 15 is 0 Å². The summed E-state index contributed by atoms with van der Waals surface area (Å²) < 4.78 is 6.22. The number of aryl methyl sites for hydroxylation is 1. The van der Waals surface area contributed by atoms with Crippen LogP contribution in [0.1, 0.15) is 25.9 Å². The number of esters is 1. The highest BCUT2D eigenvalue weighted by Crippen LogP contribution is 2.16. The molecule has 1 amide bonds. The molecule has 2 heterocycles. The smallest absolute Gasteiger partial charge is 0.337 e. The Balaban J connectivity index is 1.81. The third-order valence-electron chi connectivity index (χ3n) is 2.92. The van der Waals surface area contributed by atoms with E-state index in [0.717, 1.165) is 5.01 Å². The van der Waals surface area contributed by atoms with Gasteiger partial charge in [0.05, 0.1) is 18.9 Å². The number of carbonyl (C=O) groups is 2. The van der Waals surface area contributed by atoms with E-state index in [9.17, 15) is 9.59 Å². The summed E-state index contributed by atoms with van der Waals surface area (Å²) in [5, 5.41) is 7.78. The molecular formula is C14H12N4O3S. The van der Waals surface area contributed by atoms with E-state index in [1.165, 1.54) is 18.4 Å². The van der Waals surface area contributed by atoms with Crippen LogP contribution in [0.15, 0.2) is 30.5 Å². The monoisotopic (exact) mass is 316 g/mol. The van der Waals surface area contributed by atoms with Gasteiger partial charge in [-0.05, 0) is 25.1 Å². The molecular weight excluding hydrogens is 304 g/mol. The summed E-state index contributed by atoms with van der Waals surface area (Å²) in [5.74, 6) is -0.823. The summed E-state index contributed by atoms with van der Waals surface area (Å²) in [4.78, 5) is 28.5. The van der Waals surface area contributed by atoms with Crippen molar-refractivity contribution in [2.75, 3.05) is 12.4 Å². The van der Waals surface area contributed by atoms with Gasteiger partial charge in [-0.25, -0.2) is 14.3 Å². The van der Waals surface area contributed by atoms with Crippen LogP contribution in [0.5, 0.6) is 0 Å². The average molecular weight is 316 g/mol. The third kappa shape index (κ3) is 2.68. The van der Waals surface area contributed by atoms with Crippen molar-refractivity contribution < 1.29 is 14.3 Å². The molecule has 0 unspecified atom stereocenters. The van der Waals surface area contributed by atoms with Crippen molar-refractivity contribution in [2.45, 2.75) is 6.92 Å². The molecule has 0 radical (unpaired) electrons. The Hall–Kier alpha value is -2.74. The fourth-order valence-corrected chi connectivity index (χ4v) is 2.67. The number of amides is 1. The van der Waals surface area contributed by atoms with Gasteiger partial charge in [-0.1, -0.05) is 17.4 Å². The molecule has 3 aromatic rings. The number of fused-ring (bicyclic) bond motifs is 1. The molecule has 8 heteroatoms. The van der Waals surface area contributed by atoms with E-state index in [0.29, 0.717) is 16.2 Å². The molecule has 0 saturated carbocycles. The fourth-order valence-electron chi connectivity index (χ4n) is 1.95. The number of carbonyl (C=O) groups excluding carboxylic acids is 2. The second-order valence-electron chi connectivity index (χ2n) is 4.50. The molecule has 7 nitrogen and oxygen atoms in total. The van der Waals surface area contributed by atoms with Gasteiger partial charge in [0.2, 0.25) is 4.96 Å². The lowest BCUT2D eigenvalue weighted by Gasteiger charge is -2.05. The van der Waals surface area contributed by atoms with Crippen LogP contribution in [-0.4, -0.2) is 33.6 Å². The summed E-state index contributed by atoms with van der Waals surface area (Å²) in [7, 11) is 1.31. The summed E-state index contributed by atoms with van der Waals surface area (Å²) in [5.41, 5.74) is 1.12. The van der Waals surface area contributed by atoms with Crippen LogP contribution in [0, 0.1) is 6.92 Å². The van der Waals surface area contributed by atoms with Gasteiger partial charge >= 0.3 is 5.97 Å². The van der Waals surface area contributed by atoms with Gasteiger partial charge in [-0.15, -0.1) is 0 Å². The highest BCUT2D eigenvalue weighted by Gasteiger charge is 2.14. The number of ether oxygens (including phenoxy) is 1. The van der Waals surface area contributed by atoms with Gasteiger partial charge < -0.3 is 10.1 Å². The van der Waals surface area contributed by atoms with Gasteiger partial charge in [-0.3, -0.25) is 4.79 Å². The van der Waals surface area contributed by atoms with E-state index in [4.69, 9.17) is 0 Å². The normalized spacial score (nSPS) is 10.6. The maximum absolute atomic E-state index is 12.2. The molecule has 2 aromatic heterocycles. The Kier molecular flexibility index (Phi) is 3.60. The molecule has 0 fully saturated rings. The summed E-state index contributed by atoms with van der Waals surface area (Å²) in [6, 6.07) is 6.51. The van der Waals surface area contributed by atoms with Crippen LogP contribution in [0.3, 0.4) is 0 Å². The van der Waals surface area contributed by atoms with Gasteiger partial charge in [0.1, 0.15) is 10.7 Å². The summed E-state index contributed by atoms with van der Waals surface area (Å²) in [6.07, 6.45) is 1.57. The van der Waals surface area contributed by atoms with E-state index in [1.807, 2.05) is 6.92 Å². The lowest BCUT2D eigenvalue weighted by molar-refractivity contribution is 0.0600. The highest BCUT2D eigenvalue weighted by atomic mass is 32.1. The first kappa shape index (κ1) is 14.2. The SMILES string of the molecule is COC(=O)c1cccc(NC(=O)c2cn3nc(C)sc3n2)c1. The zero-order valence-corrected chi connectivity index (χ0v) is 12.7. The minimum atomic E-state index is -0.460. The maximum atomic E-state index is 12.2. The number of nitrogens with one attached hydrogen (secondary N) is 1. The van der Waals surface area contributed by atoms with Gasteiger partial charge in [-0.2, -0.15) is 5.10 Å². The second kappa shape index (κ2) is 5.57. The average Bonchev–Trinajstić information content (AvgIpc) is 3.04. The number of hydrogen-bond donors (Lipinski definition) is 1. The van der Waals surface area contributed by atoms with Gasteiger partial charge in [0, 0.05) is 5.69 Å². The molecule has 0 aliphatic heterocycles. The molecule has 0 bridgehead atoms. The number of anilines is 1. The number of imidazole rings is 1. The van der Waals surface area contributed by atoms with Crippen molar-refractivity contribution >= 4 is 33.9 Å². The molecule has 0 atom stereocenters. The van der Waals surface area contributed by atoms with Crippen molar-refractivity contribution in [1.29, 1.82) is 0 Å². The van der Waals surface area contributed by atoms with E-state index in [-0.39, 0.29) is 11.6 Å². The fraction of sp³-hybridized carbons (Fsp3) is 0.143. The number of aromatic nitrogens is 3. The number of rotatable bonds is 3. The lowest BCUT2D eigenvalue weighted by Crippen LogP contribution is -2.13. The predicted molar refractivity (Wildman–Crippen MR) is 81.3 cm³/mol. The number of benzene rings is 1. The topological polar surface area (TPSA) is 85.6 Å². The Labute approximate surface area is 129 Å². The first-order chi connectivity index (χ1) is 10.6. The van der Waals surface area contributed by atoms with Crippen LogP contribution in [-0.2, 0) is 4.74 Å². The van der Waals surface area contributed by atoms with Gasteiger partial charge in [0.25, 0.3) is 5.91 Å². The van der Waals surface area contributed by atoms with E-state index in [2.05, 4.69) is 20.1 Å². The minimum absolute atomic E-state index is 0.266. The molecule has 0 saturated heterocycles. The van der Waals surface area contributed by atoms with Gasteiger partial charge in [0.15, 0.2) is 0 Å². The predicted octanol–water partition coefficient (Wildman–Crippen LogP) is 2.14. The van der Waals surface area contributed by atoms with Crippen molar-refractivity contribution in [3.63, 3.8) is 0 Å². The van der Waals surface area contributed by atoms with Crippen LogP contribution in [0.25, 0.3) is 4.96 Å². The molecule has 112 valence electrons. The maximum Gasteiger partial charge on any atom is 0.337 e. The molecule has 22 heavy (non-hydrogen) atoms. The quantitative estimate of drug-likeness (QED) is 0.748. The molecule has 3 rings (SSSR count). The van der Waals surface area contributed by atoms with Crippen LogP contribution in [0.4, 0.5) is 5.69 Å². The van der Waals surface area contributed by atoms with E-state index < -0.39 is 5.97 Å². The third-order valence-corrected chi connectivity index (χ3v) is 3.76. The molecule has 1 aromatic carbocycles. The largest absolute Gasteiger partial charge is 0.465 e. The number of methoxy groups -OCH3 is 1. The highest BCUT2D eigenvalue weighted by molar-refractivity contribution is 7.16. The second-order valence-corrected chi connectivity index (χ2v) is 5.66. The van der Waals surface area contributed by atoms with E-state index in [1.54, 1.807) is 35.0 Å². The van der Waals surface area contributed by atoms with Crippen LogP contribution < -0.4 is 5.32 Å². The number of hydrogen-bond acceptors (Lipinski definition) is 6. The minimum Gasteiger partial charge on any atom is -0.465 e. The van der Waals surface area contributed by atoms with Crippen LogP contribution >= 0.6 is 11.3 Å². The van der Waals surface area contributed by atoms with Crippen molar-refractivity contribution in [1.82, 2.24) is 14.6 Å². The molecule has 0 aliphatic carbocycles. The number of nitrogens with zero attached hydrogens (tertiary/aromatic N) is 3. The Morgan fingerprint density at radius 2 is 2.18 bits per heavy atom. The summed E-state index contributed by atoms with van der Waals surface area (Å²) >= 11 is 1.41. The zero-order chi connectivity index (χ0) is 15.7. The standard InChI is InChI=1S/C14H12N4O3S/c1-8-17-18-7-11(16-14(18)22-8)12(19)15-10-5-3-4-9(6-10)13(20)21-2/h3-7H,1-2H3,(H,15,19). The van der Waals surface area contributed by atoms with Crippen LogP contribution in [0.2, 0.25) is 0 Å². The molecule has 0 spiro atoms. The molecule has 0 aliphatic rings. The lowest BCUT2D eigenvalue weighted by atomic mass is 10.2. The molecule has 1 N–H and O–H groups in total. The Bertz CT molecular complexity index is 836. The first-order valence-corrected chi connectivity index (χ1v) is 7.21. The Morgan fingerprint density at radius 1 is 1.36 bits per heavy atom. The van der Waals surface area contributed by atoms with Crippen molar-refractivity contribution in [3.05, 3.63) is 46.7 Å².